The Balaban J connectivity index is 1.94. The molecule has 0 radical (unpaired) electrons. The highest BCUT2D eigenvalue weighted by Gasteiger charge is 2.34. The highest BCUT2D eigenvalue weighted by Crippen LogP contribution is 2.19. The molecule has 0 aromatic heterocycles. The Labute approximate surface area is 148 Å². The topological polar surface area (TPSA) is 92.5 Å². The molecule has 2 rings (SSSR count). The molecule has 3 N–H and O–H groups in total. The van der Waals surface area contributed by atoms with Gasteiger partial charge < -0.3 is 10.6 Å². The molecule has 1 aromatic rings. The lowest BCUT2D eigenvalue weighted by Crippen LogP contribution is -2.56. The van der Waals surface area contributed by atoms with Crippen LogP contribution in [-0.2, 0) is 14.8 Å². The highest BCUT2D eigenvalue weighted by molar-refractivity contribution is 7.89. The molecule has 0 aliphatic carbocycles. The van der Waals surface area contributed by atoms with Crippen LogP contribution in [0.1, 0.15) is 39.5 Å². The summed E-state index contributed by atoms with van der Waals surface area (Å²) in [5.41, 5.74) is 5.21. The van der Waals surface area contributed by atoms with Gasteiger partial charge in [0, 0.05) is 19.1 Å². The SMILES string of the molecule is CCCC(C)(N)C(=O)N1CCC(NS(=O)(=O)c2ccc(F)cc2)CC1. The number of hydrogen-bond donors (Lipinski definition) is 2. The molecule has 25 heavy (non-hydrogen) atoms. The highest BCUT2D eigenvalue weighted by atomic mass is 32.2. The van der Waals surface area contributed by atoms with Crippen molar-refractivity contribution in [1.82, 2.24) is 9.62 Å². The number of rotatable bonds is 6. The molecule has 1 aliphatic rings. The minimum absolute atomic E-state index is 0.0323. The minimum Gasteiger partial charge on any atom is -0.341 e. The second-order valence-electron chi connectivity index (χ2n) is 6.81. The third kappa shape index (κ3) is 4.99. The number of nitrogens with two attached hydrogens (primary N) is 1. The normalized spacial score (nSPS) is 18.8. The van der Waals surface area contributed by atoms with E-state index in [9.17, 15) is 17.6 Å². The van der Waals surface area contributed by atoms with Crippen LogP contribution in [0.25, 0.3) is 0 Å². The van der Waals surface area contributed by atoms with Gasteiger partial charge in [-0.1, -0.05) is 13.3 Å². The molecule has 1 aliphatic heterocycles. The van der Waals surface area contributed by atoms with Gasteiger partial charge in [0.15, 0.2) is 0 Å². The molecule has 1 aromatic carbocycles. The van der Waals surface area contributed by atoms with Crippen molar-refractivity contribution in [3.8, 4) is 0 Å². The number of amides is 1. The summed E-state index contributed by atoms with van der Waals surface area (Å²) in [4.78, 5) is 14.2. The molecule has 0 bridgehead atoms. The van der Waals surface area contributed by atoms with Crippen molar-refractivity contribution in [3.63, 3.8) is 0 Å². The standard InChI is InChI=1S/C17H26FN3O3S/c1-3-10-17(2,19)16(22)21-11-8-14(9-12-21)20-25(23,24)15-6-4-13(18)5-7-15/h4-7,14,20H,3,8-12,19H2,1-2H3. The Hall–Kier alpha value is -1.51. The zero-order valence-corrected chi connectivity index (χ0v) is 15.5. The van der Waals surface area contributed by atoms with E-state index in [0.717, 1.165) is 18.6 Å². The molecule has 1 heterocycles. The van der Waals surface area contributed by atoms with Gasteiger partial charge in [-0.25, -0.2) is 17.5 Å². The van der Waals surface area contributed by atoms with Crippen molar-refractivity contribution in [1.29, 1.82) is 0 Å². The summed E-state index contributed by atoms with van der Waals surface area (Å²) in [7, 11) is -3.70. The van der Waals surface area contributed by atoms with Crippen molar-refractivity contribution in [2.75, 3.05) is 13.1 Å². The molecule has 0 spiro atoms. The van der Waals surface area contributed by atoms with Crippen LogP contribution in [0.2, 0.25) is 0 Å². The van der Waals surface area contributed by atoms with Gasteiger partial charge in [0.2, 0.25) is 15.9 Å². The maximum Gasteiger partial charge on any atom is 0.242 e. The van der Waals surface area contributed by atoms with Crippen LogP contribution in [0.15, 0.2) is 29.2 Å². The van der Waals surface area contributed by atoms with Gasteiger partial charge in [-0.3, -0.25) is 4.79 Å². The fourth-order valence-electron chi connectivity index (χ4n) is 3.09. The molecule has 6 nitrogen and oxygen atoms in total. The van der Waals surface area contributed by atoms with E-state index in [4.69, 9.17) is 5.73 Å². The van der Waals surface area contributed by atoms with Crippen LogP contribution in [0, 0.1) is 5.82 Å². The maximum atomic E-state index is 12.9. The van der Waals surface area contributed by atoms with E-state index in [1.54, 1.807) is 11.8 Å². The monoisotopic (exact) mass is 371 g/mol. The number of sulfonamides is 1. The van der Waals surface area contributed by atoms with E-state index >= 15 is 0 Å². The lowest BCUT2D eigenvalue weighted by Gasteiger charge is -2.37. The predicted molar refractivity (Wildman–Crippen MR) is 93.8 cm³/mol. The smallest absolute Gasteiger partial charge is 0.242 e. The summed E-state index contributed by atoms with van der Waals surface area (Å²) >= 11 is 0. The van der Waals surface area contributed by atoms with Crippen molar-refractivity contribution in [2.24, 2.45) is 5.73 Å². The first-order valence-electron chi connectivity index (χ1n) is 8.52. The van der Waals surface area contributed by atoms with Gasteiger partial charge in [0.25, 0.3) is 0 Å². The molecule has 8 heteroatoms. The molecule has 140 valence electrons. The number of benzene rings is 1. The summed E-state index contributed by atoms with van der Waals surface area (Å²) < 4.78 is 40.3. The van der Waals surface area contributed by atoms with E-state index in [2.05, 4.69) is 4.72 Å². The number of piperidine rings is 1. The van der Waals surface area contributed by atoms with E-state index < -0.39 is 21.4 Å². The summed E-state index contributed by atoms with van der Waals surface area (Å²) in [6.07, 6.45) is 2.48. The number of nitrogens with zero attached hydrogens (tertiary/aromatic N) is 1. The second-order valence-corrected chi connectivity index (χ2v) is 8.52. The summed E-state index contributed by atoms with van der Waals surface area (Å²) in [6.45, 7) is 4.65. The Bertz CT molecular complexity index is 696. The summed E-state index contributed by atoms with van der Waals surface area (Å²) in [6, 6.07) is 4.45. The molecule has 0 saturated carbocycles. The van der Waals surface area contributed by atoms with Crippen LogP contribution < -0.4 is 10.5 Å². The Morgan fingerprint density at radius 1 is 1.32 bits per heavy atom. The number of hydrogen-bond acceptors (Lipinski definition) is 4. The van der Waals surface area contributed by atoms with Gasteiger partial charge in [0.05, 0.1) is 10.4 Å². The van der Waals surface area contributed by atoms with E-state index in [1.807, 2.05) is 6.92 Å². The zero-order valence-electron chi connectivity index (χ0n) is 14.7. The largest absolute Gasteiger partial charge is 0.341 e. The first-order valence-corrected chi connectivity index (χ1v) is 10.00. The lowest BCUT2D eigenvalue weighted by atomic mass is 9.94. The molecular formula is C17H26FN3O3S. The van der Waals surface area contributed by atoms with E-state index in [1.165, 1.54) is 12.1 Å². The van der Waals surface area contributed by atoms with Crippen LogP contribution in [0.5, 0.6) is 0 Å². The number of nitrogens with one attached hydrogen (secondary N) is 1. The second kappa shape index (κ2) is 7.80. The van der Waals surface area contributed by atoms with Gasteiger partial charge in [-0.05, 0) is 50.5 Å². The van der Waals surface area contributed by atoms with E-state index in [0.29, 0.717) is 32.4 Å². The molecule has 1 saturated heterocycles. The summed E-state index contributed by atoms with van der Waals surface area (Å²) in [5, 5.41) is 0. The Morgan fingerprint density at radius 2 is 1.88 bits per heavy atom. The first kappa shape index (κ1) is 19.8. The predicted octanol–water partition coefficient (Wildman–Crippen LogP) is 1.61. The minimum atomic E-state index is -3.70. The molecule has 1 atom stereocenters. The maximum absolute atomic E-state index is 12.9. The van der Waals surface area contributed by atoms with Crippen molar-refractivity contribution in [3.05, 3.63) is 30.1 Å². The van der Waals surface area contributed by atoms with Gasteiger partial charge in [0.1, 0.15) is 5.82 Å². The van der Waals surface area contributed by atoms with Crippen LogP contribution in [0.3, 0.4) is 0 Å². The fourth-order valence-corrected chi connectivity index (χ4v) is 4.39. The van der Waals surface area contributed by atoms with Crippen molar-refractivity contribution >= 4 is 15.9 Å². The van der Waals surface area contributed by atoms with Crippen LogP contribution in [-0.4, -0.2) is 43.9 Å². The third-order valence-corrected chi connectivity index (χ3v) is 6.02. The molecular weight excluding hydrogens is 345 g/mol. The molecule has 1 fully saturated rings. The number of halogens is 1. The lowest BCUT2D eigenvalue weighted by molar-refractivity contribution is -0.137. The zero-order chi connectivity index (χ0) is 18.7. The van der Waals surface area contributed by atoms with E-state index in [-0.39, 0.29) is 16.8 Å². The quantitative estimate of drug-likeness (QED) is 0.795. The van der Waals surface area contributed by atoms with Crippen molar-refractivity contribution < 1.29 is 17.6 Å². The van der Waals surface area contributed by atoms with Crippen LogP contribution >= 0.6 is 0 Å². The number of likely N-dealkylation sites (tertiary alicyclic amines) is 1. The van der Waals surface area contributed by atoms with Gasteiger partial charge in [-0.2, -0.15) is 0 Å². The third-order valence-electron chi connectivity index (χ3n) is 4.49. The fraction of sp³-hybridized carbons (Fsp3) is 0.588. The Morgan fingerprint density at radius 3 is 2.40 bits per heavy atom. The number of carbonyl (C=O) groups excluding carboxylic acids is 1. The molecule has 1 unspecified atom stereocenters. The summed E-state index contributed by atoms with van der Waals surface area (Å²) in [5.74, 6) is -0.572. The average Bonchev–Trinajstić information content (AvgIpc) is 2.55. The Kier molecular flexibility index (Phi) is 6.18. The first-order chi connectivity index (χ1) is 11.7. The van der Waals surface area contributed by atoms with Gasteiger partial charge >= 0.3 is 0 Å². The van der Waals surface area contributed by atoms with Crippen LogP contribution in [0.4, 0.5) is 4.39 Å². The molecule has 1 amide bonds. The van der Waals surface area contributed by atoms with Gasteiger partial charge in [-0.15, -0.1) is 0 Å². The number of carbonyl (C=O) groups is 1. The average molecular weight is 371 g/mol. The van der Waals surface area contributed by atoms with Crippen molar-refractivity contribution in [2.45, 2.75) is 56.0 Å².